The van der Waals surface area contributed by atoms with Crippen molar-refractivity contribution >= 4 is 22.2 Å². The zero-order valence-corrected chi connectivity index (χ0v) is 13.3. The monoisotopic (exact) mass is 313 g/mol. The van der Waals surface area contributed by atoms with Crippen molar-refractivity contribution in [3.8, 4) is 5.75 Å². The van der Waals surface area contributed by atoms with Crippen molar-refractivity contribution in [2.45, 2.75) is 19.4 Å². The van der Waals surface area contributed by atoms with Crippen molar-refractivity contribution in [3.63, 3.8) is 0 Å². The topological polar surface area (TPSA) is 47.0 Å². The zero-order chi connectivity index (χ0) is 15.2. The zero-order valence-electron chi connectivity index (χ0n) is 12.5. The third-order valence-corrected chi connectivity index (χ3v) is 4.44. The van der Waals surface area contributed by atoms with Gasteiger partial charge >= 0.3 is 0 Å². The van der Waals surface area contributed by atoms with E-state index in [0.29, 0.717) is 0 Å². The van der Waals surface area contributed by atoms with E-state index in [1.165, 1.54) is 4.88 Å². The summed E-state index contributed by atoms with van der Waals surface area (Å²) in [5.74, 6) is 0.841. The summed E-state index contributed by atoms with van der Waals surface area (Å²) in [4.78, 5) is 9.65. The van der Waals surface area contributed by atoms with Crippen molar-refractivity contribution in [1.82, 2.24) is 15.3 Å². The van der Waals surface area contributed by atoms with Crippen LogP contribution >= 0.6 is 11.3 Å². The smallest absolute Gasteiger partial charge is 0.134 e. The SMILES string of the molecule is CCNCCC(Oc1cccc2ncncc12)c1cccs1. The molecule has 2 heterocycles. The number of ether oxygens (including phenoxy) is 1. The molecule has 0 aliphatic rings. The van der Waals surface area contributed by atoms with Crippen molar-refractivity contribution in [2.24, 2.45) is 0 Å². The normalized spacial score (nSPS) is 12.4. The van der Waals surface area contributed by atoms with E-state index in [4.69, 9.17) is 4.74 Å². The Labute approximate surface area is 134 Å². The van der Waals surface area contributed by atoms with Crippen LogP contribution in [0.15, 0.2) is 48.2 Å². The van der Waals surface area contributed by atoms with Crippen LogP contribution in [-0.4, -0.2) is 23.1 Å². The number of nitrogens with zero attached hydrogens (tertiary/aromatic N) is 2. The van der Waals surface area contributed by atoms with Crippen LogP contribution in [-0.2, 0) is 0 Å². The Morgan fingerprint density at radius 1 is 1.27 bits per heavy atom. The van der Waals surface area contributed by atoms with Gasteiger partial charge in [-0.15, -0.1) is 11.3 Å². The number of benzene rings is 1. The highest BCUT2D eigenvalue weighted by atomic mass is 32.1. The van der Waals surface area contributed by atoms with Gasteiger partial charge in [0.25, 0.3) is 0 Å². The summed E-state index contributed by atoms with van der Waals surface area (Å²) >= 11 is 1.73. The molecule has 0 saturated heterocycles. The van der Waals surface area contributed by atoms with Crippen LogP contribution in [0.3, 0.4) is 0 Å². The standard InChI is InChI=1S/C17H19N3OS/c1-2-18-9-8-16(17-7-4-10-22-17)21-15-6-3-5-14-13(15)11-19-12-20-14/h3-7,10-12,16,18H,2,8-9H2,1H3. The van der Waals surface area contributed by atoms with Gasteiger partial charge in [0.1, 0.15) is 18.2 Å². The highest BCUT2D eigenvalue weighted by Gasteiger charge is 2.16. The van der Waals surface area contributed by atoms with Gasteiger partial charge in [-0.25, -0.2) is 9.97 Å². The maximum Gasteiger partial charge on any atom is 0.134 e. The van der Waals surface area contributed by atoms with Crippen LogP contribution in [0.5, 0.6) is 5.75 Å². The van der Waals surface area contributed by atoms with Crippen LogP contribution in [0, 0.1) is 0 Å². The summed E-state index contributed by atoms with van der Waals surface area (Å²) in [6.45, 7) is 4.02. The molecule has 2 aromatic heterocycles. The van der Waals surface area contributed by atoms with Gasteiger partial charge < -0.3 is 10.1 Å². The van der Waals surface area contributed by atoms with Crippen molar-refractivity contribution in [2.75, 3.05) is 13.1 Å². The van der Waals surface area contributed by atoms with Crippen LogP contribution in [0.4, 0.5) is 0 Å². The maximum absolute atomic E-state index is 6.31. The number of hydrogen-bond acceptors (Lipinski definition) is 5. The lowest BCUT2D eigenvalue weighted by Crippen LogP contribution is -2.19. The second-order valence-corrected chi connectivity index (χ2v) is 5.96. The molecule has 4 nitrogen and oxygen atoms in total. The minimum atomic E-state index is 0.0462. The Morgan fingerprint density at radius 3 is 3.05 bits per heavy atom. The van der Waals surface area contributed by atoms with Gasteiger partial charge in [0.2, 0.25) is 0 Å². The van der Waals surface area contributed by atoms with Crippen molar-refractivity contribution < 1.29 is 4.74 Å². The lowest BCUT2D eigenvalue weighted by Gasteiger charge is -2.19. The first-order valence-corrected chi connectivity index (χ1v) is 8.36. The fraction of sp³-hybridized carbons (Fsp3) is 0.294. The predicted octanol–water partition coefficient (Wildman–Crippen LogP) is 3.81. The van der Waals surface area contributed by atoms with Gasteiger partial charge in [-0.1, -0.05) is 19.1 Å². The van der Waals surface area contributed by atoms with E-state index in [-0.39, 0.29) is 6.10 Å². The van der Waals surface area contributed by atoms with Crippen LogP contribution in [0.1, 0.15) is 24.3 Å². The molecule has 0 aliphatic carbocycles. The Hall–Kier alpha value is -1.98. The third-order valence-electron chi connectivity index (χ3n) is 3.47. The molecule has 114 valence electrons. The fourth-order valence-corrected chi connectivity index (χ4v) is 3.17. The summed E-state index contributed by atoms with van der Waals surface area (Å²) in [5, 5.41) is 6.41. The second kappa shape index (κ2) is 7.33. The highest BCUT2D eigenvalue weighted by molar-refractivity contribution is 7.10. The van der Waals surface area contributed by atoms with E-state index in [1.54, 1.807) is 17.7 Å². The number of fused-ring (bicyclic) bond motifs is 1. The first-order valence-electron chi connectivity index (χ1n) is 7.48. The summed E-state index contributed by atoms with van der Waals surface area (Å²) in [7, 11) is 0. The fourth-order valence-electron chi connectivity index (χ4n) is 2.38. The Bertz CT molecular complexity index is 710. The molecule has 3 aromatic rings. The van der Waals surface area contributed by atoms with E-state index in [2.05, 4.69) is 39.7 Å². The number of aromatic nitrogens is 2. The van der Waals surface area contributed by atoms with Crippen LogP contribution < -0.4 is 10.1 Å². The molecule has 0 radical (unpaired) electrons. The summed E-state index contributed by atoms with van der Waals surface area (Å²) in [6.07, 6.45) is 4.35. The first kappa shape index (κ1) is 14.9. The quantitative estimate of drug-likeness (QED) is 0.674. The van der Waals surface area contributed by atoms with Crippen LogP contribution in [0.2, 0.25) is 0 Å². The lowest BCUT2D eigenvalue weighted by atomic mass is 10.2. The second-order valence-electron chi connectivity index (χ2n) is 4.98. The Balaban J connectivity index is 1.85. The molecule has 1 aromatic carbocycles. The van der Waals surface area contributed by atoms with E-state index in [0.717, 1.165) is 36.2 Å². The van der Waals surface area contributed by atoms with Gasteiger partial charge in [-0.3, -0.25) is 0 Å². The number of rotatable bonds is 7. The van der Waals surface area contributed by atoms with Gasteiger partial charge in [0.05, 0.1) is 10.9 Å². The van der Waals surface area contributed by atoms with Crippen molar-refractivity contribution in [1.29, 1.82) is 0 Å². The molecular formula is C17H19N3OS. The molecule has 0 saturated carbocycles. The molecule has 0 spiro atoms. The Morgan fingerprint density at radius 2 is 2.23 bits per heavy atom. The van der Waals surface area contributed by atoms with E-state index in [1.807, 2.05) is 24.4 Å². The summed E-state index contributed by atoms with van der Waals surface area (Å²) < 4.78 is 6.31. The average Bonchev–Trinajstić information content (AvgIpc) is 3.09. The highest BCUT2D eigenvalue weighted by Crippen LogP contribution is 2.31. The van der Waals surface area contributed by atoms with E-state index < -0.39 is 0 Å². The maximum atomic E-state index is 6.31. The van der Waals surface area contributed by atoms with Crippen molar-refractivity contribution in [3.05, 3.63) is 53.1 Å². The molecule has 0 fully saturated rings. The molecule has 22 heavy (non-hydrogen) atoms. The van der Waals surface area contributed by atoms with Crippen LogP contribution in [0.25, 0.3) is 10.9 Å². The molecule has 0 bridgehead atoms. The van der Waals surface area contributed by atoms with E-state index in [9.17, 15) is 0 Å². The Kier molecular flexibility index (Phi) is 4.98. The lowest BCUT2D eigenvalue weighted by molar-refractivity contribution is 0.200. The molecular weight excluding hydrogens is 294 g/mol. The minimum absolute atomic E-state index is 0.0462. The minimum Gasteiger partial charge on any atom is -0.484 e. The summed E-state index contributed by atoms with van der Waals surface area (Å²) in [5.41, 5.74) is 0.907. The predicted molar refractivity (Wildman–Crippen MR) is 90.4 cm³/mol. The molecule has 0 amide bonds. The van der Waals surface area contributed by atoms with Gasteiger partial charge in [-0.2, -0.15) is 0 Å². The summed E-state index contributed by atoms with van der Waals surface area (Å²) in [6, 6.07) is 10.1. The molecule has 5 heteroatoms. The molecule has 1 atom stereocenters. The van der Waals surface area contributed by atoms with E-state index >= 15 is 0 Å². The third kappa shape index (κ3) is 3.43. The van der Waals surface area contributed by atoms with Gasteiger partial charge in [0, 0.05) is 17.5 Å². The first-order chi connectivity index (χ1) is 10.9. The number of thiophene rings is 1. The molecule has 1 N–H and O–H groups in total. The molecule has 3 rings (SSSR count). The van der Waals surface area contributed by atoms with Gasteiger partial charge in [-0.05, 0) is 36.7 Å². The number of nitrogens with one attached hydrogen (secondary N) is 1. The number of hydrogen-bond donors (Lipinski definition) is 1. The van der Waals surface area contributed by atoms with Gasteiger partial charge in [0.15, 0.2) is 0 Å². The molecule has 0 aliphatic heterocycles. The average molecular weight is 313 g/mol. The largest absolute Gasteiger partial charge is 0.484 e. The molecule has 1 unspecified atom stereocenters.